The Morgan fingerprint density at radius 2 is 2.17 bits per heavy atom. The number of esters is 1. The summed E-state index contributed by atoms with van der Waals surface area (Å²) in [7, 11) is 0. The van der Waals surface area contributed by atoms with Gasteiger partial charge < -0.3 is 4.74 Å². The van der Waals surface area contributed by atoms with E-state index >= 15 is 0 Å². The van der Waals surface area contributed by atoms with Gasteiger partial charge in [0.2, 0.25) is 0 Å². The summed E-state index contributed by atoms with van der Waals surface area (Å²) >= 11 is 0. The van der Waals surface area contributed by atoms with Crippen LogP contribution >= 0.6 is 0 Å². The molecule has 2 heterocycles. The van der Waals surface area contributed by atoms with Crippen LogP contribution in [0.5, 0.6) is 0 Å². The summed E-state index contributed by atoms with van der Waals surface area (Å²) in [4.78, 5) is 24.0. The summed E-state index contributed by atoms with van der Waals surface area (Å²) in [5, 5.41) is 4.20. The monoisotopic (exact) mass is 315 g/mol. The van der Waals surface area contributed by atoms with Crippen molar-refractivity contribution in [3.05, 3.63) is 47.0 Å². The minimum absolute atomic E-state index is 0.154. The van der Waals surface area contributed by atoms with E-state index in [2.05, 4.69) is 24.2 Å². The number of nitrogens with zero attached hydrogens (tertiary/aromatic N) is 3. The largest absolute Gasteiger partial charge is 0.465 e. The molecule has 2 aromatic heterocycles. The average Bonchev–Trinajstić information content (AvgIpc) is 2.89. The van der Waals surface area contributed by atoms with Gasteiger partial charge >= 0.3 is 11.7 Å². The first-order chi connectivity index (χ1) is 11.1. The molecular weight excluding hydrogens is 294 g/mol. The molecule has 0 saturated heterocycles. The second kappa shape index (κ2) is 6.81. The molecule has 0 spiro atoms. The number of carbonyl (C=O) groups is 1. The maximum atomic E-state index is 12.1. The summed E-state index contributed by atoms with van der Waals surface area (Å²) in [6.07, 6.45) is 8.14. The average molecular weight is 315 g/mol. The maximum Gasteiger partial charge on any atom is 0.350 e. The number of hydrogen-bond donors (Lipinski definition) is 0. The van der Waals surface area contributed by atoms with E-state index in [-0.39, 0.29) is 24.6 Å². The molecule has 0 N–H and O–H groups in total. The Balaban J connectivity index is 1.53. The number of carbonyl (C=O) groups excluding carboxylic acids is 1. The van der Waals surface area contributed by atoms with Gasteiger partial charge in [-0.05, 0) is 36.8 Å². The van der Waals surface area contributed by atoms with E-state index in [1.54, 1.807) is 18.3 Å². The van der Waals surface area contributed by atoms with Crippen LogP contribution in [-0.4, -0.2) is 26.8 Å². The zero-order chi connectivity index (χ0) is 16.2. The lowest BCUT2D eigenvalue weighted by Gasteiger charge is -2.24. The van der Waals surface area contributed by atoms with Crippen molar-refractivity contribution >= 4 is 11.6 Å². The Morgan fingerprint density at radius 3 is 2.96 bits per heavy atom. The van der Waals surface area contributed by atoms with E-state index in [1.807, 2.05) is 6.07 Å². The molecule has 0 aromatic carbocycles. The second-order valence-corrected chi connectivity index (χ2v) is 6.05. The molecule has 0 aliphatic heterocycles. The number of hydrogen-bond acceptors (Lipinski definition) is 4. The number of pyridine rings is 1. The number of fused-ring (bicyclic) bond motifs is 1. The maximum absolute atomic E-state index is 12.1. The van der Waals surface area contributed by atoms with Crippen molar-refractivity contribution in [2.75, 3.05) is 6.61 Å². The smallest absolute Gasteiger partial charge is 0.350 e. The summed E-state index contributed by atoms with van der Waals surface area (Å²) in [5.41, 5.74) is 0.341. The van der Waals surface area contributed by atoms with Crippen molar-refractivity contribution in [1.29, 1.82) is 0 Å². The standard InChI is InChI=1S/C17H21N3O3/c1-13-6-2-3-7-14(13)12-23-16(21)9-11-20-17(22)19-10-5-4-8-15(19)18-20/h2-5,8,10,13-14H,6-7,9,11-12H2,1H3/t13-,14-/m0/s1. The van der Waals surface area contributed by atoms with Crippen LogP contribution in [0.25, 0.3) is 5.65 Å². The van der Waals surface area contributed by atoms with Gasteiger partial charge in [-0.1, -0.05) is 25.1 Å². The molecule has 0 fully saturated rings. The van der Waals surface area contributed by atoms with Crippen LogP contribution < -0.4 is 5.69 Å². The Morgan fingerprint density at radius 1 is 1.35 bits per heavy atom. The third-order valence-electron chi connectivity index (χ3n) is 4.39. The van der Waals surface area contributed by atoms with Gasteiger partial charge in [0.25, 0.3) is 0 Å². The van der Waals surface area contributed by atoms with Crippen molar-refractivity contribution in [2.24, 2.45) is 11.8 Å². The van der Waals surface area contributed by atoms with E-state index in [0.29, 0.717) is 24.1 Å². The van der Waals surface area contributed by atoms with E-state index in [1.165, 1.54) is 9.08 Å². The zero-order valence-corrected chi connectivity index (χ0v) is 13.2. The molecule has 1 aliphatic carbocycles. The van der Waals surface area contributed by atoms with E-state index in [9.17, 15) is 9.59 Å². The van der Waals surface area contributed by atoms with Gasteiger partial charge in [-0.15, -0.1) is 5.10 Å². The van der Waals surface area contributed by atoms with Crippen molar-refractivity contribution < 1.29 is 9.53 Å². The first-order valence-electron chi connectivity index (χ1n) is 8.00. The van der Waals surface area contributed by atoms with Crippen LogP contribution in [-0.2, 0) is 16.1 Å². The fourth-order valence-corrected chi connectivity index (χ4v) is 2.82. The highest BCUT2D eigenvalue weighted by atomic mass is 16.5. The van der Waals surface area contributed by atoms with Crippen LogP contribution in [0, 0.1) is 11.8 Å². The lowest BCUT2D eigenvalue weighted by molar-refractivity contribution is -0.145. The summed E-state index contributed by atoms with van der Waals surface area (Å²) in [5.74, 6) is 0.645. The van der Waals surface area contributed by atoms with Gasteiger partial charge in [0.1, 0.15) is 0 Å². The highest BCUT2D eigenvalue weighted by molar-refractivity contribution is 5.69. The van der Waals surface area contributed by atoms with Crippen molar-refractivity contribution in [3.8, 4) is 0 Å². The minimum atomic E-state index is -0.282. The van der Waals surface area contributed by atoms with Gasteiger partial charge in [0.05, 0.1) is 19.6 Å². The van der Waals surface area contributed by atoms with Gasteiger partial charge in [-0.25, -0.2) is 9.48 Å². The van der Waals surface area contributed by atoms with Crippen molar-refractivity contribution in [3.63, 3.8) is 0 Å². The molecular formula is C17H21N3O3. The normalized spacial score (nSPS) is 20.7. The predicted molar refractivity (Wildman–Crippen MR) is 86.1 cm³/mol. The van der Waals surface area contributed by atoms with Gasteiger partial charge in [0.15, 0.2) is 5.65 Å². The SMILES string of the molecule is C[C@H]1CC=CC[C@H]1COC(=O)CCn1nc2ccccn2c1=O. The van der Waals surface area contributed by atoms with E-state index in [0.717, 1.165) is 12.8 Å². The van der Waals surface area contributed by atoms with Crippen LogP contribution in [0.15, 0.2) is 41.3 Å². The van der Waals surface area contributed by atoms with Crippen LogP contribution in [0.4, 0.5) is 0 Å². The molecule has 6 heteroatoms. The topological polar surface area (TPSA) is 65.6 Å². The van der Waals surface area contributed by atoms with E-state index in [4.69, 9.17) is 4.74 Å². The van der Waals surface area contributed by atoms with Crippen molar-refractivity contribution in [2.45, 2.75) is 32.7 Å². The zero-order valence-electron chi connectivity index (χ0n) is 13.2. The Kier molecular flexibility index (Phi) is 4.60. The minimum Gasteiger partial charge on any atom is -0.465 e. The summed E-state index contributed by atoms with van der Waals surface area (Å²) in [6, 6.07) is 5.35. The van der Waals surface area contributed by atoms with Crippen LogP contribution in [0.2, 0.25) is 0 Å². The summed E-state index contributed by atoms with van der Waals surface area (Å²) in [6.45, 7) is 2.86. The summed E-state index contributed by atoms with van der Waals surface area (Å²) < 4.78 is 8.13. The van der Waals surface area contributed by atoms with E-state index < -0.39 is 0 Å². The molecule has 0 radical (unpaired) electrons. The van der Waals surface area contributed by atoms with Gasteiger partial charge in [0, 0.05) is 6.20 Å². The highest BCUT2D eigenvalue weighted by Gasteiger charge is 2.20. The lowest BCUT2D eigenvalue weighted by Crippen LogP contribution is -2.24. The Hall–Kier alpha value is -2.37. The van der Waals surface area contributed by atoms with Crippen molar-refractivity contribution in [1.82, 2.24) is 14.2 Å². The first-order valence-corrected chi connectivity index (χ1v) is 8.00. The van der Waals surface area contributed by atoms with Crippen LogP contribution in [0.3, 0.4) is 0 Å². The second-order valence-electron chi connectivity index (χ2n) is 6.05. The molecule has 0 amide bonds. The quantitative estimate of drug-likeness (QED) is 0.625. The molecule has 3 rings (SSSR count). The Bertz CT molecular complexity index is 775. The molecule has 6 nitrogen and oxygen atoms in total. The molecule has 23 heavy (non-hydrogen) atoms. The lowest BCUT2D eigenvalue weighted by atomic mass is 9.85. The van der Waals surface area contributed by atoms with Gasteiger partial charge in [-0.2, -0.15) is 0 Å². The fraction of sp³-hybridized carbons (Fsp3) is 0.471. The molecule has 122 valence electrons. The molecule has 0 unspecified atom stereocenters. The molecule has 0 bridgehead atoms. The third kappa shape index (κ3) is 3.52. The fourth-order valence-electron chi connectivity index (χ4n) is 2.82. The predicted octanol–water partition coefficient (Wildman–Crippen LogP) is 2.03. The number of allylic oxidation sites excluding steroid dienone is 2. The number of ether oxygens (including phenoxy) is 1. The molecule has 1 aliphatic rings. The highest BCUT2D eigenvalue weighted by Crippen LogP contribution is 2.25. The molecule has 2 aromatic rings. The first kappa shape index (κ1) is 15.5. The van der Waals surface area contributed by atoms with Gasteiger partial charge in [-0.3, -0.25) is 9.20 Å². The Labute approximate surface area is 134 Å². The number of rotatable bonds is 5. The van der Waals surface area contributed by atoms with Crippen LogP contribution in [0.1, 0.15) is 26.2 Å². The molecule has 0 saturated carbocycles. The number of aryl methyl sites for hydroxylation is 1. The third-order valence-corrected chi connectivity index (χ3v) is 4.39. The number of aromatic nitrogens is 3. The molecule has 2 atom stereocenters.